The molecule has 0 spiro atoms. The number of pyridine rings is 1. The van der Waals surface area contributed by atoms with Gasteiger partial charge in [0.15, 0.2) is 0 Å². The minimum Gasteiger partial charge on any atom is -0.338 e. The molecule has 0 atom stereocenters. The zero-order valence-electron chi connectivity index (χ0n) is 17.6. The molecule has 4 rings (SSSR count). The van der Waals surface area contributed by atoms with Gasteiger partial charge in [-0.15, -0.1) is 11.3 Å². The molecule has 0 saturated carbocycles. The van der Waals surface area contributed by atoms with Crippen LogP contribution in [-0.4, -0.2) is 45.7 Å². The van der Waals surface area contributed by atoms with Crippen molar-refractivity contribution in [2.24, 2.45) is 0 Å². The zero-order valence-corrected chi connectivity index (χ0v) is 19.9. The summed E-state index contributed by atoms with van der Waals surface area (Å²) in [5, 5.41) is 2.61. The molecular weight excluding hydrogens is 504 g/mol. The second kappa shape index (κ2) is 10.5. The van der Waals surface area contributed by atoms with Crippen molar-refractivity contribution in [3.63, 3.8) is 0 Å². The van der Waals surface area contributed by atoms with Gasteiger partial charge >= 0.3 is 0 Å². The van der Waals surface area contributed by atoms with Crippen molar-refractivity contribution in [1.82, 2.24) is 25.7 Å². The van der Waals surface area contributed by atoms with Gasteiger partial charge in [0.1, 0.15) is 16.7 Å². The highest BCUT2D eigenvalue weighted by molar-refractivity contribution is 7.09. The van der Waals surface area contributed by atoms with Crippen LogP contribution in [-0.2, 0) is 0 Å². The van der Waals surface area contributed by atoms with Crippen molar-refractivity contribution >= 4 is 52.3 Å². The Morgan fingerprint density at radius 3 is 2.53 bits per heavy atom. The molecule has 3 amide bonds. The Kier molecular flexibility index (Phi) is 7.40. The molecule has 0 unspecified atom stereocenters. The van der Waals surface area contributed by atoms with Crippen LogP contribution in [0.2, 0.25) is 10.2 Å². The van der Waals surface area contributed by atoms with Crippen LogP contribution in [0.5, 0.6) is 0 Å². The normalized spacial score (nSPS) is 14.0. The summed E-state index contributed by atoms with van der Waals surface area (Å²) in [5.74, 6) is -2.13. The first-order chi connectivity index (χ1) is 16.3. The van der Waals surface area contributed by atoms with Crippen LogP contribution in [0.25, 0.3) is 0 Å². The van der Waals surface area contributed by atoms with Gasteiger partial charge in [-0.05, 0) is 37.1 Å². The van der Waals surface area contributed by atoms with Gasteiger partial charge in [0, 0.05) is 36.1 Å². The molecule has 0 aliphatic carbocycles. The van der Waals surface area contributed by atoms with Crippen molar-refractivity contribution in [3.05, 3.63) is 79.7 Å². The number of likely N-dealkylation sites (tertiary alicyclic amines) is 1. The first kappa shape index (κ1) is 24.1. The van der Waals surface area contributed by atoms with Gasteiger partial charge in [-0.2, -0.15) is 0 Å². The van der Waals surface area contributed by atoms with E-state index in [0.29, 0.717) is 25.9 Å². The fourth-order valence-electron chi connectivity index (χ4n) is 3.56. The Balaban J connectivity index is 1.32. The van der Waals surface area contributed by atoms with Crippen molar-refractivity contribution in [2.45, 2.75) is 18.8 Å². The number of halogens is 3. The fourth-order valence-corrected chi connectivity index (χ4v) is 4.95. The summed E-state index contributed by atoms with van der Waals surface area (Å²) < 4.78 is 14.1. The standard InChI is InChI=1S/C22H18Cl2FN5O3S/c23-14-2-1-3-15(25)18(14)22(33)30-8-5-12(6-9-30)21-27-16(11-34-21)20(32)29-28-19(31)13-4-7-26-17(24)10-13/h1-4,7,10-12H,5-6,8-9H2,(H,28,31)(H,29,32). The maximum Gasteiger partial charge on any atom is 0.289 e. The van der Waals surface area contributed by atoms with Gasteiger partial charge in [-0.25, -0.2) is 14.4 Å². The van der Waals surface area contributed by atoms with E-state index in [9.17, 15) is 18.8 Å². The van der Waals surface area contributed by atoms with Gasteiger partial charge in [-0.3, -0.25) is 25.2 Å². The number of carbonyl (C=O) groups is 3. The van der Waals surface area contributed by atoms with Gasteiger partial charge in [-0.1, -0.05) is 29.3 Å². The number of aromatic nitrogens is 2. The minimum absolute atomic E-state index is 0.0558. The Bertz CT molecular complexity index is 1230. The zero-order chi connectivity index (χ0) is 24.2. The van der Waals surface area contributed by atoms with Crippen LogP contribution in [0.15, 0.2) is 41.9 Å². The number of rotatable bonds is 4. The highest BCUT2D eigenvalue weighted by Gasteiger charge is 2.29. The predicted octanol–water partition coefficient (Wildman–Crippen LogP) is 4.08. The number of carbonyl (C=O) groups excluding carboxylic acids is 3. The number of piperidine rings is 1. The molecule has 0 radical (unpaired) electrons. The molecule has 2 aromatic heterocycles. The number of nitrogens with zero attached hydrogens (tertiary/aromatic N) is 3. The molecule has 34 heavy (non-hydrogen) atoms. The molecule has 8 nitrogen and oxygen atoms in total. The van der Waals surface area contributed by atoms with Crippen LogP contribution in [0.3, 0.4) is 0 Å². The summed E-state index contributed by atoms with van der Waals surface area (Å²) in [5.41, 5.74) is 4.94. The van der Waals surface area contributed by atoms with E-state index in [4.69, 9.17) is 23.2 Å². The number of thiazole rings is 1. The first-order valence-electron chi connectivity index (χ1n) is 10.2. The van der Waals surface area contributed by atoms with E-state index in [1.807, 2.05) is 0 Å². The van der Waals surface area contributed by atoms with Crippen LogP contribution in [0.1, 0.15) is 55.0 Å². The third-order valence-corrected chi connectivity index (χ3v) is 6.87. The number of hydrazine groups is 1. The number of nitrogens with one attached hydrogen (secondary N) is 2. The summed E-state index contributed by atoms with van der Waals surface area (Å²) in [6.45, 7) is 0.833. The molecule has 1 aliphatic heterocycles. The lowest BCUT2D eigenvalue weighted by molar-refractivity contribution is 0.0708. The Labute approximate surface area is 208 Å². The highest BCUT2D eigenvalue weighted by Crippen LogP contribution is 2.31. The maximum absolute atomic E-state index is 14.1. The SMILES string of the molecule is O=C(NNC(=O)c1csc(C2CCN(C(=O)c3c(F)cccc3Cl)CC2)n1)c1ccnc(Cl)c1. The molecule has 3 heterocycles. The maximum atomic E-state index is 14.1. The van der Waals surface area contributed by atoms with Crippen molar-refractivity contribution in [3.8, 4) is 0 Å². The molecule has 0 bridgehead atoms. The summed E-state index contributed by atoms with van der Waals surface area (Å²) in [6.07, 6.45) is 2.62. The third-order valence-electron chi connectivity index (χ3n) is 5.34. The quantitative estimate of drug-likeness (QED) is 0.397. The molecule has 3 aromatic rings. The summed E-state index contributed by atoms with van der Waals surface area (Å²) in [7, 11) is 0. The summed E-state index contributed by atoms with van der Waals surface area (Å²) in [6, 6.07) is 6.99. The first-order valence-corrected chi connectivity index (χ1v) is 11.9. The minimum atomic E-state index is -0.644. The molecular formula is C22H18Cl2FN5O3S. The number of amides is 3. The lowest BCUT2D eigenvalue weighted by Crippen LogP contribution is -2.41. The van der Waals surface area contributed by atoms with E-state index in [1.165, 1.54) is 47.9 Å². The monoisotopic (exact) mass is 521 g/mol. The second-order valence-electron chi connectivity index (χ2n) is 7.51. The molecule has 176 valence electrons. The van der Waals surface area contributed by atoms with Crippen LogP contribution in [0.4, 0.5) is 4.39 Å². The molecule has 2 N–H and O–H groups in total. The van der Waals surface area contributed by atoms with Crippen molar-refractivity contribution in [1.29, 1.82) is 0 Å². The Morgan fingerprint density at radius 1 is 1.09 bits per heavy atom. The van der Waals surface area contributed by atoms with Gasteiger partial charge < -0.3 is 4.90 Å². The molecule has 1 fully saturated rings. The average Bonchev–Trinajstić information content (AvgIpc) is 3.33. The van der Waals surface area contributed by atoms with Gasteiger partial charge in [0.2, 0.25) is 0 Å². The number of hydrogen-bond donors (Lipinski definition) is 2. The molecule has 1 aliphatic rings. The van der Waals surface area contributed by atoms with E-state index in [-0.39, 0.29) is 32.9 Å². The second-order valence-corrected chi connectivity index (χ2v) is 9.19. The summed E-state index contributed by atoms with van der Waals surface area (Å²) >= 11 is 13.1. The topological polar surface area (TPSA) is 104 Å². The Morgan fingerprint density at radius 2 is 1.82 bits per heavy atom. The smallest absolute Gasteiger partial charge is 0.289 e. The largest absolute Gasteiger partial charge is 0.338 e. The molecule has 12 heteroatoms. The Hall–Kier alpha value is -3.08. The average molecular weight is 522 g/mol. The van der Waals surface area contributed by atoms with E-state index >= 15 is 0 Å². The number of hydrogen-bond acceptors (Lipinski definition) is 6. The van der Waals surface area contributed by atoms with Crippen molar-refractivity contribution in [2.75, 3.05) is 13.1 Å². The lowest BCUT2D eigenvalue weighted by Gasteiger charge is -2.31. The molecule has 1 saturated heterocycles. The fraction of sp³-hybridized carbons (Fsp3) is 0.227. The van der Waals surface area contributed by atoms with Crippen LogP contribution >= 0.6 is 34.5 Å². The van der Waals surface area contributed by atoms with E-state index in [2.05, 4.69) is 20.8 Å². The lowest BCUT2D eigenvalue weighted by atomic mass is 9.97. The van der Waals surface area contributed by atoms with Gasteiger partial charge in [0.25, 0.3) is 17.7 Å². The third kappa shape index (κ3) is 5.35. The van der Waals surface area contributed by atoms with Crippen LogP contribution < -0.4 is 10.9 Å². The van der Waals surface area contributed by atoms with E-state index in [0.717, 1.165) is 5.01 Å². The van der Waals surface area contributed by atoms with Gasteiger partial charge in [0.05, 0.1) is 15.6 Å². The highest BCUT2D eigenvalue weighted by atomic mass is 35.5. The van der Waals surface area contributed by atoms with Crippen LogP contribution in [0, 0.1) is 5.82 Å². The number of benzene rings is 1. The van der Waals surface area contributed by atoms with E-state index in [1.54, 1.807) is 10.3 Å². The van der Waals surface area contributed by atoms with E-state index < -0.39 is 23.5 Å². The summed E-state index contributed by atoms with van der Waals surface area (Å²) in [4.78, 5) is 47.0. The van der Waals surface area contributed by atoms with Crippen molar-refractivity contribution < 1.29 is 18.8 Å². The molecule has 1 aromatic carbocycles. The predicted molar refractivity (Wildman–Crippen MR) is 126 cm³/mol.